The number of carbonyl (C=O) groups is 3. The number of morpholine rings is 1. The molecule has 0 unspecified atom stereocenters. The lowest BCUT2D eigenvalue weighted by Gasteiger charge is -2.26. The molecule has 2 saturated heterocycles. The number of methoxy groups -OCH3 is 1. The summed E-state index contributed by atoms with van der Waals surface area (Å²) in [6.45, 7) is 2.05. The van der Waals surface area contributed by atoms with Gasteiger partial charge in [0.25, 0.3) is 11.8 Å². The maximum absolute atomic E-state index is 12.5. The minimum absolute atomic E-state index is 0.0324. The third-order valence-corrected chi connectivity index (χ3v) is 6.00. The molecule has 11 heteroatoms. The first kappa shape index (κ1) is 23.0. The van der Waals surface area contributed by atoms with E-state index in [2.05, 4.69) is 0 Å². The fourth-order valence-corrected chi connectivity index (χ4v) is 4.30. The van der Waals surface area contributed by atoms with Crippen LogP contribution in [-0.2, 0) is 19.1 Å². The summed E-state index contributed by atoms with van der Waals surface area (Å²) in [7, 11) is 1.49. The number of hydrogen-bond donors (Lipinski definition) is 1. The molecule has 0 radical (unpaired) electrons. The van der Waals surface area contributed by atoms with Gasteiger partial charge in [0.1, 0.15) is 4.32 Å². The molecule has 0 aromatic heterocycles. The Kier molecular flexibility index (Phi) is 7.88. The minimum Gasteiger partial charge on any atom is -0.493 e. The van der Waals surface area contributed by atoms with Crippen LogP contribution in [0.5, 0.6) is 11.5 Å². The molecule has 31 heavy (non-hydrogen) atoms. The highest BCUT2D eigenvalue weighted by Gasteiger charge is 2.32. The van der Waals surface area contributed by atoms with Gasteiger partial charge in [0.05, 0.1) is 31.6 Å². The van der Waals surface area contributed by atoms with E-state index in [-0.39, 0.29) is 31.4 Å². The number of ether oxygens (including phenoxy) is 3. The highest BCUT2D eigenvalue weighted by molar-refractivity contribution is 8.26. The van der Waals surface area contributed by atoms with Gasteiger partial charge in [0, 0.05) is 19.6 Å². The molecule has 1 N–H and O–H groups in total. The van der Waals surface area contributed by atoms with Gasteiger partial charge in [-0.25, -0.2) is 0 Å². The van der Waals surface area contributed by atoms with Crippen LogP contribution in [-0.4, -0.2) is 83.6 Å². The molecule has 0 atom stereocenters. The van der Waals surface area contributed by atoms with Gasteiger partial charge in [-0.1, -0.05) is 30.0 Å². The van der Waals surface area contributed by atoms with E-state index in [1.54, 1.807) is 29.2 Å². The largest absolute Gasteiger partial charge is 0.493 e. The van der Waals surface area contributed by atoms with Gasteiger partial charge in [-0.3, -0.25) is 19.3 Å². The highest BCUT2D eigenvalue weighted by Crippen LogP contribution is 2.34. The van der Waals surface area contributed by atoms with Crippen LogP contribution in [0.15, 0.2) is 23.1 Å². The zero-order valence-electron chi connectivity index (χ0n) is 16.9. The average molecular weight is 467 g/mol. The van der Waals surface area contributed by atoms with Crippen molar-refractivity contribution in [3.8, 4) is 11.5 Å². The van der Waals surface area contributed by atoms with Crippen LogP contribution < -0.4 is 9.47 Å². The second-order valence-corrected chi connectivity index (χ2v) is 8.34. The van der Waals surface area contributed by atoms with Crippen molar-refractivity contribution in [3.63, 3.8) is 0 Å². The van der Waals surface area contributed by atoms with Gasteiger partial charge in [0.2, 0.25) is 0 Å². The van der Waals surface area contributed by atoms with Crippen LogP contribution in [0.25, 0.3) is 6.08 Å². The summed E-state index contributed by atoms with van der Waals surface area (Å²) < 4.78 is 16.6. The van der Waals surface area contributed by atoms with Gasteiger partial charge >= 0.3 is 5.97 Å². The topological polar surface area (TPSA) is 106 Å². The van der Waals surface area contributed by atoms with Gasteiger partial charge in [-0.2, -0.15) is 0 Å². The molecular weight excluding hydrogens is 444 g/mol. The van der Waals surface area contributed by atoms with Crippen molar-refractivity contribution in [3.05, 3.63) is 28.7 Å². The lowest BCUT2D eigenvalue weighted by Crippen LogP contribution is -2.43. The molecule has 2 aliphatic rings. The molecule has 0 aliphatic carbocycles. The maximum atomic E-state index is 12.5. The Hall–Kier alpha value is -2.63. The number of carboxylic acids is 1. The summed E-state index contributed by atoms with van der Waals surface area (Å²) >= 11 is 6.31. The van der Waals surface area contributed by atoms with Gasteiger partial charge in [0.15, 0.2) is 18.1 Å². The second kappa shape index (κ2) is 10.6. The lowest BCUT2D eigenvalue weighted by molar-refractivity contribution is -0.138. The number of nitrogens with zero attached hydrogens (tertiary/aromatic N) is 2. The summed E-state index contributed by atoms with van der Waals surface area (Å²) in [4.78, 5) is 38.9. The maximum Gasteiger partial charge on any atom is 0.305 e. The fourth-order valence-electron chi connectivity index (χ4n) is 2.99. The van der Waals surface area contributed by atoms with Crippen LogP contribution in [0.1, 0.15) is 12.0 Å². The van der Waals surface area contributed by atoms with E-state index < -0.39 is 5.97 Å². The monoisotopic (exact) mass is 466 g/mol. The Balaban J connectivity index is 1.66. The first-order valence-corrected chi connectivity index (χ1v) is 10.7. The van der Waals surface area contributed by atoms with E-state index in [0.29, 0.717) is 52.6 Å². The Labute approximate surface area is 188 Å². The quantitative estimate of drug-likeness (QED) is 0.452. The molecule has 166 valence electrons. The molecule has 9 nitrogen and oxygen atoms in total. The van der Waals surface area contributed by atoms with Crippen molar-refractivity contribution in [2.45, 2.75) is 6.42 Å². The van der Waals surface area contributed by atoms with Crippen molar-refractivity contribution in [2.75, 3.05) is 46.6 Å². The summed E-state index contributed by atoms with van der Waals surface area (Å²) in [6, 6.07) is 5.10. The normalized spacial score (nSPS) is 17.9. The van der Waals surface area contributed by atoms with Crippen molar-refractivity contribution in [1.29, 1.82) is 0 Å². The van der Waals surface area contributed by atoms with Crippen LogP contribution in [0, 0.1) is 0 Å². The molecule has 0 bridgehead atoms. The third-order valence-electron chi connectivity index (χ3n) is 4.62. The van der Waals surface area contributed by atoms with Crippen molar-refractivity contribution in [1.82, 2.24) is 9.80 Å². The van der Waals surface area contributed by atoms with Crippen molar-refractivity contribution in [2.24, 2.45) is 0 Å². The number of thioether (sulfide) groups is 1. The van der Waals surface area contributed by atoms with E-state index in [1.165, 1.54) is 12.0 Å². The van der Waals surface area contributed by atoms with Crippen LogP contribution in [0.3, 0.4) is 0 Å². The van der Waals surface area contributed by atoms with Gasteiger partial charge < -0.3 is 24.2 Å². The summed E-state index contributed by atoms with van der Waals surface area (Å²) in [5.74, 6) is -0.614. The van der Waals surface area contributed by atoms with Gasteiger partial charge in [-0.15, -0.1) is 0 Å². The number of aliphatic carboxylic acids is 1. The fraction of sp³-hybridized carbons (Fsp3) is 0.400. The van der Waals surface area contributed by atoms with Crippen LogP contribution in [0.2, 0.25) is 0 Å². The third kappa shape index (κ3) is 5.96. The van der Waals surface area contributed by atoms with Gasteiger partial charge in [-0.05, 0) is 23.8 Å². The Morgan fingerprint density at radius 1 is 1.29 bits per heavy atom. The molecule has 0 saturated carbocycles. The molecule has 3 rings (SSSR count). The SMILES string of the molecule is COc1cc(/C=C2/SC(=S)N(CCC(=O)O)C2=O)ccc1OCC(=O)N1CCOCC1. The first-order chi connectivity index (χ1) is 14.9. The lowest BCUT2D eigenvalue weighted by atomic mass is 10.2. The standard InChI is InChI=1S/C20H22N2O7S2/c1-27-15-10-13(11-16-19(26)22(20(30)31-16)5-4-18(24)25)2-3-14(15)29-12-17(23)21-6-8-28-9-7-21/h2-3,10-11H,4-9,12H2,1H3,(H,24,25)/b16-11+. The molecule has 2 aliphatic heterocycles. The van der Waals surface area contributed by atoms with E-state index in [4.69, 9.17) is 31.5 Å². The smallest absolute Gasteiger partial charge is 0.305 e. The molecule has 2 fully saturated rings. The van der Waals surface area contributed by atoms with E-state index in [1.807, 2.05) is 0 Å². The number of rotatable bonds is 8. The molecule has 2 amide bonds. The van der Waals surface area contributed by atoms with Crippen LogP contribution in [0.4, 0.5) is 0 Å². The zero-order chi connectivity index (χ0) is 22.4. The number of benzene rings is 1. The van der Waals surface area contributed by atoms with E-state index in [0.717, 1.165) is 11.8 Å². The average Bonchev–Trinajstić information content (AvgIpc) is 3.03. The van der Waals surface area contributed by atoms with Crippen LogP contribution >= 0.6 is 24.0 Å². The second-order valence-electron chi connectivity index (χ2n) is 6.67. The Morgan fingerprint density at radius 2 is 2.03 bits per heavy atom. The van der Waals surface area contributed by atoms with E-state index in [9.17, 15) is 14.4 Å². The number of thiocarbonyl (C=S) groups is 1. The number of hydrogen-bond acceptors (Lipinski definition) is 8. The summed E-state index contributed by atoms with van der Waals surface area (Å²) in [5.41, 5.74) is 0.683. The molecule has 0 spiro atoms. The summed E-state index contributed by atoms with van der Waals surface area (Å²) in [5, 5.41) is 8.83. The predicted octanol–water partition coefficient (Wildman–Crippen LogP) is 1.61. The molecule has 2 heterocycles. The summed E-state index contributed by atoms with van der Waals surface area (Å²) in [6.07, 6.45) is 1.48. The highest BCUT2D eigenvalue weighted by atomic mass is 32.2. The zero-order valence-corrected chi connectivity index (χ0v) is 18.5. The molecular formula is C20H22N2O7S2. The number of carbonyl (C=O) groups excluding carboxylic acids is 2. The minimum atomic E-state index is -0.995. The molecule has 1 aromatic rings. The predicted molar refractivity (Wildman–Crippen MR) is 118 cm³/mol. The first-order valence-electron chi connectivity index (χ1n) is 9.52. The Bertz CT molecular complexity index is 913. The van der Waals surface area contributed by atoms with E-state index >= 15 is 0 Å². The molecule has 1 aromatic carbocycles. The van der Waals surface area contributed by atoms with Crippen molar-refractivity contribution < 1.29 is 33.7 Å². The number of carboxylic acid groups (broad SMARTS) is 1. The Morgan fingerprint density at radius 3 is 2.71 bits per heavy atom. The van der Waals surface area contributed by atoms with Crippen molar-refractivity contribution >= 4 is 52.2 Å². The number of amides is 2.